The molecule has 1 aromatic carbocycles. The molecule has 2 aliphatic carbocycles. The van der Waals surface area contributed by atoms with E-state index in [2.05, 4.69) is 26.8 Å². The van der Waals surface area contributed by atoms with E-state index in [9.17, 15) is 9.59 Å². The lowest BCUT2D eigenvalue weighted by atomic mass is 9.48. The normalized spacial score (nSPS) is 37.6. The Labute approximate surface area is 180 Å². The van der Waals surface area contributed by atoms with E-state index in [4.69, 9.17) is 10.5 Å². The van der Waals surface area contributed by atoms with Gasteiger partial charge in [0.15, 0.2) is 0 Å². The summed E-state index contributed by atoms with van der Waals surface area (Å²) in [6.45, 7) is 10.9. The van der Waals surface area contributed by atoms with E-state index in [1.807, 2.05) is 26.0 Å². The smallest absolute Gasteiger partial charge is 0.312 e. The van der Waals surface area contributed by atoms with Crippen LogP contribution in [0.5, 0.6) is 0 Å². The van der Waals surface area contributed by atoms with Crippen LogP contribution in [0.4, 0.5) is 0 Å². The summed E-state index contributed by atoms with van der Waals surface area (Å²) in [5, 5.41) is 0. The molecule has 1 saturated heterocycles. The summed E-state index contributed by atoms with van der Waals surface area (Å²) in [5.41, 5.74) is 8.03. The number of cyclic esters (lactones) is 1. The van der Waals surface area contributed by atoms with Crippen molar-refractivity contribution in [3.63, 3.8) is 0 Å². The number of benzene rings is 1. The maximum atomic E-state index is 12.8. The fraction of sp³-hybridized carbons (Fsp3) is 0.692. The number of hydrogen-bond acceptors (Lipinski definition) is 3. The first kappa shape index (κ1) is 21.4. The molecule has 4 nitrogen and oxygen atoms in total. The molecule has 1 heterocycles. The second-order valence-electron chi connectivity index (χ2n) is 11.1. The van der Waals surface area contributed by atoms with Crippen LogP contribution in [0.25, 0.3) is 0 Å². The second kappa shape index (κ2) is 7.10. The summed E-state index contributed by atoms with van der Waals surface area (Å²) >= 11 is 0. The third-order valence-electron chi connectivity index (χ3n) is 9.15. The van der Waals surface area contributed by atoms with Gasteiger partial charge in [-0.3, -0.25) is 9.59 Å². The van der Waals surface area contributed by atoms with Crippen LogP contribution in [0.3, 0.4) is 0 Å². The van der Waals surface area contributed by atoms with Gasteiger partial charge in [0.2, 0.25) is 5.91 Å². The third kappa shape index (κ3) is 3.09. The zero-order valence-electron chi connectivity index (χ0n) is 19.2. The Hall–Kier alpha value is -1.84. The third-order valence-corrected chi connectivity index (χ3v) is 9.15. The summed E-state index contributed by atoms with van der Waals surface area (Å²) in [4.78, 5) is 24.4. The highest BCUT2D eigenvalue weighted by atomic mass is 16.6. The Bertz CT molecular complexity index is 875. The number of carbonyl (C=O) groups excluding carboxylic acids is 2. The van der Waals surface area contributed by atoms with Crippen LogP contribution in [0.2, 0.25) is 0 Å². The number of amides is 1. The lowest BCUT2D eigenvalue weighted by molar-refractivity contribution is -0.215. The Morgan fingerprint density at radius 2 is 1.87 bits per heavy atom. The number of carbonyl (C=O) groups is 2. The Kier molecular flexibility index (Phi) is 5.06. The molecule has 4 rings (SSSR count). The molecule has 1 aromatic rings. The highest BCUT2D eigenvalue weighted by Crippen LogP contribution is 2.62. The van der Waals surface area contributed by atoms with Crippen LogP contribution in [-0.4, -0.2) is 17.5 Å². The largest absolute Gasteiger partial charge is 0.458 e. The number of hydrogen-bond donors (Lipinski definition) is 1. The zero-order chi connectivity index (χ0) is 21.9. The number of fused-ring (bicyclic) bond motifs is 3. The number of rotatable bonds is 3. The molecule has 1 amide bonds. The number of aryl methyl sites for hydroxylation is 1. The van der Waals surface area contributed by atoms with Gasteiger partial charge in [0.25, 0.3) is 0 Å². The predicted molar refractivity (Wildman–Crippen MR) is 118 cm³/mol. The molecule has 0 aromatic heterocycles. The minimum atomic E-state index is -0.401. The number of ether oxygens (including phenoxy) is 1. The monoisotopic (exact) mass is 411 g/mol. The van der Waals surface area contributed by atoms with Crippen LogP contribution >= 0.6 is 0 Å². The molecule has 3 aliphatic rings. The first-order chi connectivity index (χ1) is 14.0. The van der Waals surface area contributed by atoms with Gasteiger partial charge in [-0.05, 0) is 100 Å². The van der Waals surface area contributed by atoms with Crippen molar-refractivity contribution >= 4 is 11.9 Å². The van der Waals surface area contributed by atoms with E-state index in [0.29, 0.717) is 23.3 Å². The quantitative estimate of drug-likeness (QED) is 0.679. The highest BCUT2D eigenvalue weighted by molar-refractivity contribution is 5.93. The minimum absolute atomic E-state index is 0.0141. The number of esters is 1. The van der Waals surface area contributed by atoms with Gasteiger partial charge in [-0.15, -0.1) is 0 Å². The first-order valence-corrected chi connectivity index (χ1v) is 11.7. The van der Waals surface area contributed by atoms with Gasteiger partial charge in [-0.25, -0.2) is 0 Å². The summed E-state index contributed by atoms with van der Waals surface area (Å²) in [5.74, 6) is 1.23. The Morgan fingerprint density at radius 1 is 1.13 bits per heavy atom. The van der Waals surface area contributed by atoms with Crippen LogP contribution in [0.1, 0.15) is 101 Å². The minimum Gasteiger partial charge on any atom is -0.458 e. The van der Waals surface area contributed by atoms with Crippen molar-refractivity contribution in [2.75, 3.05) is 0 Å². The fourth-order valence-electron chi connectivity index (χ4n) is 6.91. The lowest BCUT2D eigenvalue weighted by Crippen LogP contribution is -2.59. The molecule has 2 N–H and O–H groups in total. The number of primary amides is 1. The van der Waals surface area contributed by atoms with Gasteiger partial charge in [-0.2, -0.15) is 0 Å². The molecule has 2 fully saturated rings. The molecule has 0 unspecified atom stereocenters. The standard InChI is InChI=1S/C26H37NO3/c1-6-21-20-10-7-16-15-17(22(27)28)8-9-18(16)19(20)11-12-25(21,4)26(5)14-13-24(2,3)23(29)30-26/h8-9,15,19-21H,6-7,10-14H2,1-5H3,(H2,27,28)/t19-,20-,21+,25+,26-/m1/s1. The van der Waals surface area contributed by atoms with E-state index in [1.165, 1.54) is 11.1 Å². The maximum absolute atomic E-state index is 12.8. The lowest BCUT2D eigenvalue weighted by Gasteiger charge is -2.60. The van der Waals surface area contributed by atoms with Crippen molar-refractivity contribution in [2.45, 2.75) is 91.1 Å². The molecule has 30 heavy (non-hydrogen) atoms. The SMILES string of the molecule is CC[C@H]1[C@@H]2CCc3cc(C(N)=O)ccc3[C@H]2CC[C@]1(C)[C@@]1(C)CCC(C)(C)C(=O)O1. The van der Waals surface area contributed by atoms with Gasteiger partial charge >= 0.3 is 5.97 Å². The van der Waals surface area contributed by atoms with Crippen molar-refractivity contribution in [1.82, 2.24) is 0 Å². The maximum Gasteiger partial charge on any atom is 0.312 e. The van der Waals surface area contributed by atoms with Gasteiger partial charge in [-0.1, -0.05) is 26.3 Å². The van der Waals surface area contributed by atoms with Crippen LogP contribution in [0, 0.1) is 22.7 Å². The molecule has 0 spiro atoms. The molecular weight excluding hydrogens is 374 g/mol. The van der Waals surface area contributed by atoms with E-state index in [0.717, 1.165) is 44.9 Å². The molecule has 5 atom stereocenters. The van der Waals surface area contributed by atoms with Gasteiger partial charge in [0, 0.05) is 11.0 Å². The topological polar surface area (TPSA) is 69.4 Å². The molecule has 1 aliphatic heterocycles. The summed E-state index contributed by atoms with van der Waals surface area (Å²) in [6, 6.07) is 6.05. The zero-order valence-corrected chi connectivity index (χ0v) is 19.2. The highest BCUT2D eigenvalue weighted by Gasteiger charge is 2.59. The van der Waals surface area contributed by atoms with Crippen molar-refractivity contribution in [2.24, 2.45) is 28.4 Å². The summed E-state index contributed by atoms with van der Waals surface area (Å²) < 4.78 is 6.26. The predicted octanol–water partition coefficient (Wildman–Crippen LogP) is 5.38. The molecule has 4 heteroatoms. The van der Waals surface area contributed by atoms with E-state index in [1.54, 1.807) is 0 Å². The fourth-order valence-corrected chi connectivity index (χ4v) is 6.91. The van der Waals surface area contributed by atoms with E-state index >= 15 is 0 Å². The van der Waals surface area contributed by atoms with Gasteiger partial charge in [0.1, 0.15) is 5.60 Å². The molecule has 164 valence electrons. The average molecular weight is 412 g/mol. The van der Waals surface area contributed by atoms with Crippen LogP contribution < -0.4 is 5.73 Å². The second-order valence-corrected chi connectivity index (χ2v) is 11.1. The molecule has 0 radical (unpaired) electrons. The van der Waals surface area contributed by atoms with Crippen molar-refractivity contribution in [3.8, 4) is 0 Å². The molecule has 1 saturated carbocycles. The summed E-state index contributed by atoms with van der Waals surface area (Å²) in [7, 11) is 0. The summed E-state index contributed by atoms with van der Waals surface area (Å²) in [6.07, 6.45) is 7.22. The van der Waals surface area contributed by atoms with Gasteiger partial charge in [0.05, 0.1) is 5.41 Å². The molecule has 0 bridgehead atoms. The Balaban J connectivity index is 1.65. The van der Waals surface area contributed by atoms with Crippen LogP contribution in [-0.2, 0) is 16.0 Å². The average Bonchev–Trinajstić information content (AvgIpc) is 2.70. The van der Waals surface area contributed by atoms with Crippen molar-refractivity contribution in [1.29, 1.82) is 0 Å². The van der Waals surface area contributed by atoms with E-state index < -0.39 is 5.60 Å². The van der Waals surface area contributed by atoms with Crippen LogP contribution in [0.15, 0.2) is 18.2 Å². The van der Waals surface area contributed by atoms with Crippen molar-refractivity contribution in [3.05, 3.63) is 34.9 Å². The van der Waals surface area contributed by atoms with Gasteiger partial charge < -0.3 is 10.5 Å². The van der Waals surface area contributed by atoms with E-state index in [-0.39, 0.29) is 22.7 Å². The molecular formula is C26H37NO3. The Morgan fingerprint density at radius 3 is 2.50 bits per heavy atom. The van der Waals surface area contributed by atoms with Crippen molar-refractivity contribution < 1.29 is 14.3 Å². The number of nitrogens with two attached hydrogens (primary N) is 1. The first-order valence-electron chi connectivity index (χ1n) is 11.7.